The van der Waals surface area contributed by atoms with Crippen LogP contribution in [-0.4, -0.2) is 20.5 Å². The Morgan fingerprint density at radius 3 is 2.25 bits per heavy atom. The van der Waals surface area contributed by atoms with E-state index in [1.54, 1.807) is 26.0 Å². The Bertz CT molecular complexity index is 569. The molecular formula is C16H19NO2S. The van der Waals surface area contributed by atoms with Gasteiger partial charge in [0, 0.05) is 10.5 Å². The second kappa shape index (κ2) is 6.68. The fraction of sp³-hybridized carbons (Fsp3) is 0.250. The fourth-order valence-corrected chi connectivity index (χ4v) is 2.48. The van der Waals surface area contributed by atoms with E-state index in [1.807, 2.05) is 18.2 Å². The molecule has 0 heterocycles. The van der Waals surface area contributed by atoms with Gasteiger partial charge in [-0.25, -0.2) is 0 Å². The van der Waals surface area contributed by atoms with Crippen molar-refractivity contribution < 1.29 is 9.47 Å². The minimum atomic E-state index is -0.240. The van der Waals surface area contributed by atoms with E-state index in [2.05, 4.69) is 30.5 Å². The maximum Gasteiger partial charge on any atom is 0.124 e. The molecular weight excluding hydrogens is 270 g/mol. The van der Waals surface area contributed by atoms with Crippen LogP contribution in [0.2, 0.25) is 0 Å². The Balaban J connectivity index is 2.37. The normalized spacial score (nSPS) is 12.0. The number of methoxy groups -OCH3 is 2. The average Bonchev–Trinajstić information content (AvgIpc) is 2.53. The minimum absolute atomic E-state index is 0.240. The molecule has 1 atom stereocenters. The zero-order valence-corrected chi connectivity index (χ0v) is 12.7. The van der Waals surface area contributed by atoms with Crippen molar-refractivity contribution in [2.45, 2.75) is 10.9 Å². The van der Waals surface area contributed by atoms with E-state index in [4.69, 9.17) is 15.2 Å². The van der Waals surface area contributed by atoms with E-state index in [1.165, 1.54) is 4.90 Å². The number of rotatable bonds is 5. The van der Waals surface area contributed by atoms with Crippen LogP contribution in [0, 0.1) is 0 Å². The first-order valence-electron chi connectivity index (χ1n) is 6.31. The summed E-state index contributed by atoms with van der Waals surface area (Å²) in [7, 11) is 3.29. The highest BCUT2D eigenvalue weighted by molar-refractivity contribution is 7.98. The molecule has 2 rings (SSSR count). The van der Waals surface area contributed by atoms with Gasteiger partial charge in [0.15, 0.2) is 0 Å². The SMILES string of the molecule is COc1ccc(OC)c(C(N)c2ccc(SC)cc2)c1. The summed E-state index contributed by atoms with van der Waals surface area (Å²) in [6.45, 7) is 0. The monoisotopic (exact) mass is 289 g/mol. The number of benzene rings is 2. The lowest BCUT2D eigenvalue weighted by atomic mass is 9.98. The van der Waals surface area contributed by atoms with E-state index >= 15 is 0 Å². The molecule has 106 valence electrons. The summed E-state index contributed by atoms with van der Waals surface area (Å²) in [5.41, 5.74) is 8.34. The number of hydrogen-bond acceptors (Lipinski definition) is 4. The van der Waals surface area contributed by atoms with Gasteiger partial charge in [0.05, 0.1) is 20.3 Å². The maximum atomic E-state index is 6.37. The Morgan fingerprint density at radius 1 is 1.00 bits per heavy atom. The molecule has 2 N–H and O–H groups in total. The molecule has 0 saturated carbocycles. The summed E-state index contributed by atoms with van der Waals surface area (Å²) >= 11 is 1.71. The number of thioether (sulfide) groups is 1. The van der Waals surface area contributed by atoms with Crippen molar-refractivity contribution in [3.05, 3.63) is 53.6 Å². The van der Waals surface area contributed by atoms with E-state index in [9.17, 15) is 0 Å². The molecule has 3 nitrogen and oxygen atoms in total. The zero-order valence-electron chi connectivity index (χ0n) is 11.9. The Morgan fingerprint density at radius 2 is 1.70 bits per heavy atom. The summed E-state index contributed by atoms with van der Waals surface area (Å²) in [6.07, 6.45) is 2.06. The smallest absolute Gasteiger partial charge is 0.124 e. The summed E-state index contributed by atoms with van der Waals surface area (Å²) in [4.78, 5) is 1.22. The fourth-order valence-electron chi connectivity index (χ4n) is 2.07. The minimum Gasteiger partial charge on any atom is -0.497 e. The van der Waals surface area contributed by atoms with Crippen LogP contribution in [-0.2, 0) is 0 Å². The molecule has 0 aliphatic heterocycles. The standard InChI is InChI=1S/C16H19NO2S/c1-18-12-6-9-15(19-2)14(10-12)16(17)11-4-7-13(20-3)8-5-11/h4-10,16H,17H2,1-3H3. The molecule has 0 radical (unpaired) electrons. The molecule has 0 amide bonds. The van der Waals surface area contributed by atoms with Crippen LogP contribution in [0.5, 0.6) is 11.5 Å². The van der Waals surface area contributed by atoms with Crippen LogP contribution in [0.4, 0.5) is 0 Å². The first-order chi connectivity index (χ1) is 9.69. The Kier molecular flexibility index (Phi) is 4.93. The molecule has 0 aliphatic carbocycles. The van der Waals surface area contributed by atoms with Gasteiger partial charge < -0.3 is 15.2 Å². The summed E-state index contributed by atoms with van der Waals surface area (Å²) in [6, 6.07) is 13.7. The molecule has 0 aromatic heterocycles. The van der Waals surface area contributed by atoms with Crippen molar-refractivity contribution in [2.75, 3.05) is 20.5 Å². The first kappa shape index (κ1) is 14.8. The second-order valence-electron chi connectivity index (χ2n) is 4.36. The lowest BCUT2D eigenvalue weighted by molar-refractivity contribution is 0.397. The van der Waals surface area contributed by atoms with Gasteiger partial charge in [-0.15, -0.1) is 11.8 Å². The lowest BCUT2D eigenvalue weighted by Gasteiger charge is -2.17. The number of hydrogen-bond donors (Lipinski definition) is 1. The third-order valence-corrected chi connectivity index (χ3v) is 3.99. The summed E-state index contributed by atoms with van der Waals surface area (Å²) in [5, 5.41) is 0. The van der Waals surface area contributed by atoms with Gasteiger partial charge >= 0.3 is 0 Å². The van der Waals surface area contributed by atoms with Gasteiger partial charge in [0.25, 0.3) is 0 Å². The average molecular weight is 289 g/mol. The summed E-state index contributed by atoms with van der Waals surface area (Å²) in [5.74, 6) is 1.55. The van der Waals surface area contributed by atoms with E-state index in [0.717, 1.165) is 22.6 Å². The van der Waals surface area contributed by atoms with Gasteiger partial charge in [-0.05, 0) is 42.2 Å². The topological polar surface area (TPSA) is 44.5 Å². The Hall–Kier alpha value is -1.65. The van der Waals surface area contributed by atoms with Crippen molar-refractivity contribution in [3.8, 4) is 11.5 Å². The quantitative estimate of drug-likeness (QED) is 0.856. The molecule has 0 spiro atoms. The van der Waals surface area contributed by atoms with E-state index in [0.29, 0.717) is 0 Å². The maximum absolute atomic E-state index is 6.37. The number of ether oxygens (including phenoxy) is 2. The molecule has 0 aliphatic rings. The molecule has 0 bridgehead atoms. The van der Waals surface area contributed by atoms with Crippen LogP contribution < -0.4 is 15.2 Å². The van der Waals surface area contributed by atoms with Gasteiger partial charge in [-0.3, -0.25) is 0 Å². The summed E-state index contributed by atoms with van der Waals surface area (Å²) < 4.78 is 10.7. The predicted molar refractivity (Wildman–Crippen MR) is 83.8 cm³/mol. The van der Waals surface area contributed by atoms with Crippen LogP contribution in [0.15, 0.2) is 47.4 Å². The van der Waals surface area contributed by atoms with Crippen molar-refractivity contribution >= 4 is 11.8 Å². The third-order valence-electron chi connectivity index (χ3n) is 3.25. The van der Waals surface area contributed by atoms with Crippen molar-refractivity contribution in [3.63, 3.8) is 0 Å². The first-order valence-corrected chi connectivity index (χ1v) is 7.53. The van der Waals surface area contributed by atoms with Crippen molar-refractivity contribution in [1.82, 2.24) is 0 Å². The van der Waals surface area contributed by atoms with Gasteiger partial charge in [0.2, 0.25) is 0 Å². The molecule has 2 aromatic carbocycles. The van der Waals surface area contributed by atoms with Crippen LogP contribution in [0.1, 0.15) is 17.2 Å². The largest absolute Gasteiger partial charge is 0.497 e. The lowest BCUT2D eigenvalue weighted by Crippen LogP contribution is -2.13. The zero-order chi connectivity index (χ0) is 14.5. The van der Waals surface area contributed by atoms with E-state index in [-0.39, 0.29) is 6.04 Å². The van der Waals surface area contributed by atoms with Gasteiger partial charge in [-0.2, -0.15) is 0 Å². The van der Waals surface area contributed by atoms with Crippen LogP contribution in [0.3, 0.4) is 0 Å². The molecule has 1 unspecified atom stereocenters. The Labute approximate surface area is 124 Å². The second-order valence-corrected chi connectivity index (χ2v) is 5.24. The highest BCUT2D eigenvalue weighted by Crippen LogP contribution is 2.32. The molecule has 0 saturated heterocycles. The third kappa shape index (κ3) is 3.08. The van der Waals surface area contributed by atoms with E-state index < -0.39 is 0 Å². The van der Waals surface area contributed by atoms with Crippen molar-refractivity contribution in [2.24, 2.45) is 5.73 Å². The highest BCUT2D eigenvalue weighted by atomic mass is 32.2. The highest BCUT2D eigenvalue weighted by Gasteiger charge is 2.15. The molecule has 20 heavy (non-hydrogen) atoms. The van der Waals surface area contributed by atoms with Crippen LogP contribution >= 0.6 is 11.8 Å². The molecule has 4 heteroatoms. The van der Waals surface area contributed by atoms with Gasteiger partial charge in [0.1, 0.15) is 11.5 Å². The molecule has 0 fully saturated rings. The number of nitrogens with two attached hydrogens (primary N) is 1. The van der Waals surface area contributed by atoms with Crippen molar-refractivity contribution in [1.29, 1.82) is 0 Å². The van der Waals surface area contributed by atoms with Gasteiger partial charge in [-0.1, -0.05) is 12.1 Å². The predicted octanol–water partition coefficient (Wildman–Crippen LogP) is 3.47. The molecule has 2 aromatic rings. The van der Waals surface area contributed by atoms with Crippen LogP contribution in [0.25, 0.3) is 0 Å².